The molecule has 3 nitrogen and oxygen atoms in total. The first-order valence-electron chi connectivity index (χ1n) is 4.75. The number of esters is 1. The predicted octanol–water partition coefficient (Wildman–Crippen LogP) is 2.34. The molecule has 15 heavy (non-hydrogen) atoms. The van der Waals surface area contributed by atoms with Crippen LogP contribution in [0.4, 0.5) is 0 Å². The molecule has 0 saturated heterocycles. The average Bonchev–Trinajstić information content (AvgIpc) is 2.60. The van der Waals surface area contributed by atoms with Gasteiger partial charge in [-0.25, -0.2) is 9.79 Å². The summed E-state index contributed by atoms with van der Waals surface area (Å²) in [5.41, 5.74) is 2.14. The lowest BCUT2D eigenvalue weighted by Gasteiger charge is -2.04. The van der Waals surface area contributed by atoms with Crippen molar-refractivity contribution in [1.82, 2.24) is 0 Å². The molecule has 0 N–H and O–H groups in total. The molecule has 0 saturated carbocycles. The van der Waals surface area contributed by atoms with Crippen LogP contribution in [0, 0.1) is 0 Å². The molecular formula is C11H10ClNO2. The Bertz CT molecular complexity index is 430. The van der Waals surface area contributed by atoms with Gasteiger partial charge in [0.15, 0.2) is 0 Å². The van der Waals surface area contributed by atoms with Gasteiger partial charge >= 0.3 is 5.97 Å². The lowest BCUT2D eigenvalue weighted by atomic mass is 10.0. The molecule has 2 aliphatic rings. The van der Waals surface area contributed by atoms with Gasteiger partial charge in [-0.1, -0.05) is 17.7 Å². The van der Waals surface area contributed by atoms with Gasteiger partial charge in [0.1, 0.15) is 5.70 Å². The summed E-state index contributed by atoms with van der Waals surface area (Å²) in [4.78, 5) is 15.6. The minimum absolute atomic E-state index is 0.359. The fraction of sp³-hybridized carbons (Fsp3) is 0.273. The second-order valence-electron chi connectivity index (χ2n) is 3.20. The third kappa shape index (κ3) is 2.02. The molecule has 0 atom stereocenters. The largest absolute Gasteiger partial charge is 0.461 e. The maximum atomic E-state index is 11.4. The molecule has 1 aliphatic heterocycles. The van der Waals surface area contributed by atoms with Crippen LogP contribution >= 0.6 is 11.6 Å². The second kappa shape index (κ2) is 4.03. The summed E-state index contributed by atoms with van der Waals surface area (Å²) < 4.78 is 4.87. The van der Waals surface area contributed by atoms with Crippen LogP contribution in [0.25, 0.3) is 0 Å². The smallest absolute Gasteiger partial charge is 0.356 e. The third-order valence-corrected chi connectivity index (χ3v) is 2.41. The Morgan fingerprint density at radius 3 is 3.13 bits per heavy atom. The quantitative estimate of drug-likeness (QED) is 0.674. The van der Waals surface area contributed by atoms with Crippen molar-refractivity contribution in [2.24, 2.45) is 4.99 Å². The number of allylic oxidation sites excluding steroid dienone is 5. The summed E-state index contributed by atoms with van der Waals surface area (Å²) in [6.07, 6.45) is 6.05. The van der Waals surface area contributed by atoms with Gasteiger partial charge in [0.2, 0.25) is 0 Å². The van der Waals surface area contributed by atoms with Crippen LogP contribution in [-0.4, -0.2) is 18.3 Å². The average molecular weight is 224 g/mol. The zero-order chi connectivity index (χ0) is 10.8. The number of carbonyl (C=O) groups excluding carboxylic acids is 1. The summed E-state index contributed by atoms with van der Waals surface area (Å²) in [5, 5.41) is 0.685. The molecule has 4 heteroatoms. The van der Waals surface area contributed by atoms with E-state index in [4.69, 9.17) is 16.3 Å². The first-order valence-corrected chi connectivity index (χ1v) is 5.12. The molecule has 0 aromatic heterocycles. The van der Waals surface area contributed by atoms with Crippen LogP contribution in [0.15, 0.2) is 39.5 Å². The number of aliphatic imine (C=N–C) groups is 1. The van der Waals surface area contributed by atoms with Gasteiger partial charge in [-0.15, -0.1) is 0 Å². The van der Waals surface area contributed by atoms with Crippen molar-refractivity contribution >= 4 is 23.3 Å². The number of halogens is 1. The standard InChI is InChI=1S/C11H10ClNO2/c1-2-15-11(14)10-6-7-5-8(12)3-4-9(7)13-10/h3,5-6H,2,4H2,1H3. The molecule has 0 radical (unpaired) electrons. The Morgan fingerprint density at radius 2 is 2.40 bits per heavy atom. The van der Waals surface area contributed by atoms with E-state index in [9.17, 15) is 4.79 Å². The van der Waals surface area contributed by atoms with E-state index in [-0.39, 0.29) is 5.97 Å². The third-order valence-electron chi connectivity index (χ3n) is 2.15. The zero-order valence-corrected chi connectivity index (χ0v) is 9.04. The van der Waals surface area contributed by atoms with E-state index in [0.717, 1.165) is 11.3 Å². The normalized spacial score (nSPS) is 18.5. The van der Waals surface area contributed by atoms with Crippen molar-refractivity contribution in [3.8, 4) is 0 Å². The van der Waals surface area contributed by atoms with E-state index in [0.29, 0.717) is 23.8 Å². The molecule has 2 rings (SSSR count). The van der Waals surface area contributed by atoms with E-state index in [1.807, 2.05) is 6.08 Å². The van der Waals surface area contributed by atoms with E-state index in [1.54, 1.807) is 19.1 Å². The number of nitrogens with zero attached hydrogens (tertiary/aromatic N) is 1. The maximum absolute atomic E-state index is 11.4. The van der Waals surface area contributed by atoms with Crippen LogP contribution < -0.4 is 0 Å². The van der Waals surface area contributed by atoms with Crippen molar-refractivity contribution in [2.75, 3.05) is 6.61 Å². The molecule has 1 heterocycles. The topological polar surface area (TPSA) is 38.7 Å². The highest BCUT2D eigenvalue weighted by Gasteiger charge is 2.21. The van der Waals surface area contributed by atoms with Crippen LogP contribution in [-0.2, 0) is 9.53 Å². The minimum Gasteiger partial charge on any atom is -0.461 e. The Balaban J connectivity index is 2.21. The van der Waals surface area contributed by atoms with Gasteiger partial charge in [0.05, 0.1) is 12.3 Å². The highest BCUT2D eigenvalue weighted by molar-refractivity contribution is 6.32. The molecule has 0 aromatic rings. The van der Waals surface area contributed by atoms with Gasteiger partial charge in [-0.05, 0) is 19.1 Å². The highest BCUT2D eigenvalue weighted by atomic mass is 35.5. The summed E-state index contributed by atoms with van der Waals surface area (Å²) >= 11 is 5.86. The minimum atomic E-state index is -0.378. The summed E-state index contributed by atoms with van der Waals surface area (Å²) in [6.45, 7) is 2.13. The van der Waals surface area contributed by atoms with E-state index in [2.05, 4.69) is 4.99 Å². The molecule has 0 bridgehead atoms. The van der Waals surface area contributed by atoms with E-state index < -0.39 is 0 Å². The van der Waals surface area contributed by atoms with Crippen molar-refractivity contribution in [1.29, 1.82) is 0 Å². The molecule has 1 aliphatic carbocycles. The second-order valence-corrected chi connectivity index (χ2v) is 3.64. The molecule has 0 spiro atoms. The van der Waals surface area contributed by atoms with Crippen LogP contribution in [0.2, 0.25) is 0 Å². The highest BCUT2D eigenvalue weighted by Crippen LogP contribution is 2.26. The van der Waals surface area contributed by atoms with Crippen LogP contribution in [0.5, 0.6) is 0 Å². The number of ether oxygens (including phenoxy) is 1. The monoisotopic (exact) mass is 223 g/mol. The first-order chi connectivity index (χ1) is 7.20. The predicted molar refractivity (Wildman–Crippen MR) is 58.8 cm³/mol. The van der Waals surface area contributed by atoms with Gasteiger partial charge in [0, 0.05) is 17.0 Å². The number of fused-ring (bicyclic) bond motifs is 1. The Labute approximate surface area is 92.8 Å². The number of hydrogen-bond donors (Lipinski definition) is 0. The van der Waals surface area contributed by atoms with E-state index in [1.165, 1.54) is 0 Å². The lowest BCUT2D eigenvalue weighted by molar-refractivity contribution is -0.138. The molecular weight excluding hydrogens is 214 g/mol. The molecule has 0 fully saturated rings. The maximum Gasteiger partial charge on any atom is 0.356 e. The SMILES string of the molecule is CCOC(=O)C1=CC2=CC(Cl)=CCC2=N1. The fourth-order valence-electron chi connectivity index (χ4n) is 1.47. The number of hydrogen-bond acceptors (Lipinski definition) is 3. The lowest BCUT2D eigenvalue weighted by Crippen LogP contribution is -2.05. The summed E-state index contributed by atoms with van der Waals surface area (Å²) in [7, 11) is 0. The first kappa shape index (κ1) is 10.2. The van der Waals surface area contributed by atoms with Crippen molar-refractivity contribution in [3.63, 3.8) is 0 Å². The number of carbonyl (C=O) groups is 1. The summed E-state index contributed by atoms with van der Waals surface area (Å²) in [6, 6.07) is 0. The van der Waals surface area contributed by atoms with Gasteiger partial charge in [0.25, 0.3) is 0 Å². The summed E-state index contributed by atoms with van der Waals surface area (Å²) in [5.74, 6) is -0.378. The van der Waals surface area contributed by atoms with Crippen LogP contribution in [0.1, 0.15) is 13.3 Å². The number of rotatable bonds is 2. The molecule has 0 aromatic carbocycles. The zero-order valence-electron chi connectivity index (χ0n) is 8.29. The van der Waals surface area contributed by atoms with Crippen molar-refractivity contribution < 1.29 is 9.53 Å². The Morgan fingerprint density at radius 1 is 1.60 bits per heavy atom. The molecule has 78 valence electrons. The van der Waals surface area contributed by atoms with Gasteiger partial charge < -0.3 is 4.74 Å². The molecule has 0 unspecified atom stereocenters. The van der Waals surface area contributed by atoms with E-state index >= 15 is 0 Å². The Kier molecular flexibility index (Phi) is 2.73. The fourth-order valence-corrected chi connectivity index (χ4v) is 1.67. The van der Waals surface area contributed by atoms with Crippen molar-refractivity contribution in [3.05, 3.63) is 34.5 Å². The molecule has 0 amide bonds. The van der Waals surface area contributed by atoms with Gasteiger partial charge in [-0.2, -0.15) is 0 Å². The van der Waals surface area contributed by atoms with Gasteiger partial charge in [-0.3, -0.25) is 0 Å². The van der Waals surface area contributed by atoms with Crippen molar-refractivity contribution in [2.45, 2.75) is 13.3 Å². The van der Waals surface area contributed by atoms with Crippen LogP contribution in [0.3, 0.4) is 0 Å². The Hall–Kier alpha value is -1.35.